The van der Waals surface area contributed by atoms with E-state index in [2.05, 4.69) is 16.0 Å². The summed E-state index contributed by atoms with van der Waals surface area (Å²) in [7, 11) is 0. The van der Waals surface area contributed by atoms with E-state index in [0.29, 0.717) is 28.3 Å². The van der Waals surface area contributed by atoms with Crippen molar-refractivity contribution in [1.29, 1.82) is 0 Å². The van der Waals surface area contributed by atoms with Crippen molar-refractivity contribution in [3.63, 3.8) is 0 Å². The third-order valence-corrected chi connectivity index (χ3v) is 6.90. The molecule has 0 spiro atoms. The van der Waals surface area contributed by atoms with Crippen LogP contribution in [0.1, 0.15) is 29.5 Å². The van der Waals surface area contributed by atoms with Gasteiger partial charge in [-0.05, 0) is 60.0 Å². The van der Waals surface area contributed by atoms with Crippen molar-refractivity contribution in [2.75, 3.05) is 40.5 Å². The number of rotatable bonds is 11. The number of aliphatic carboxylic acids is 2. The van der Waals surface area contributed by atoms with E-state index in [1.165, 1.54) is 4.90 Å². The molecular formula is C31H33N5O7. The summed E-state index contributed by atoms with van der Waals surface area (Å²) in [5, 5.41) is 26.7. The van der Waals surface area contributed by atoms with Gasteiger partial charge in [0.2, 0.25) is 11.8 Å². The van der Waals surface area contributed by atoms with Crippen molar-refractivity contribution in [2.45, 2.75) is 32.7 Å². The number of anilines is 4. The highest BCUT2D eigenvalue weighted by Gasteiger charge is 2.26. The summed E-state index contributed by atoms with van der Waals surface area (Å²) < 4.78 is 0. The molecule has 0 unspecified atom stereocenters. The van der Waals surface area contributed by atoms with Gasteiger partial charge in [-0.15, -0.1) is 0 Å². The number of hydrogen-bond donors (Lipinski definition) is 5. The van der Waals surface area contributed by atoms with Gasteiger partial charge in [0.25, 0.3) is 0 Å². The molecule has 1 heterocycles. The Labute approximate surface area is 248 Å². The van der Waals surface area contributed by atoms with E-state index >= 15 is 0 Å². The largest absolute Gasteiger partial charge is 0.481 e. The van der Waals surface area contributed by atoms with Gasteiger partial charge in [-0.1, -0.05) is 30.3 Å². The first-order chi connectivity index (χ1) is 20.6. The number of carbonyl (C=O) groups is 5. The minimum absolute atomic E-state index is 0.00930. The molecule has 12 nitrogen and oxygen atoms in total. The fourth-order valence-corrected chi connectivity index (χ4v) is 4.70. The molecule has 224 valence electrons. The van der Waals surface area contributed by atoms with Crippen LogP contribution in [0.15, 0.2) is 66.7 Å². The Balaban J connectivity index is 1.39. The summed E-state index contributed by atoms with van der Waals surface area (Å²) in [5.74, 6) is -2.62. The summed E-state index contributed by atoms with van der Waals surface area (Å²) in [6.07, 6.45) is -0.328. The Morgan fingerprint density at radius 2 is 1.42 bits per heavy atom. The topological polar surface area (TPSA) is 168 Å². The minimum atomic E-state index is -1.03. The maximum atomic E-state index is 12.9. The van der Waals surface area contributed by atoms with E-state index in [0.717, 1.165) is 11.1 Å². The number of amides is 4. The number of nitrogens with zero attached hydrogens (tertiary/aromatic N) is 2. The molecular weight excluding hydrogens is 554 g/mol. The number of para-hydroxylation sites is 1. The zero-order valence-corrected chi connectivity index (χ0v) is 23.6. The molecule has 5 N–H and O–H groups in total. The Hall–Kier alpha value is -5.39. The van der Waals surface area contributed by atoms with Crippen LogP contribution in [0.5, 0.6) is 0 Å². The molecule has 1 aliphatic rings. The van der Waals surface area contributed by atoms with Gasteiger partial charge >= 0.3 is 18.0 Å². The molecule has 4 rings (SSSR count). The van der Waals surface area contributed by atoms with Gasteiger partial charge < -0.3 is 36.0 Å². The van der Waals surface area contributed by atoms with Crippen LogP contribution < -0.4 is 20.9 Å². The van der Waals surface area contributed by atoms with Gasteiger partial charge in [-0.25, -0.2) is 4.79 Å². The second kappa shape index (κ2) is 14.0. The van der Waals surface area contributed by atoms with Crippen LogP contribution in [-0.4, -0.2) is 64.5 Å². The molecule has 1 aliphatic heterocycles. The lowest BCUT2D eigenvalue weighted by molar-refractivity contribution is -0.139. The number of hydrogen-bond acceptors (Lipinski definition) is 6. The van der Waals surface area contributed by atoms with Crippen LogP contribution in [0.3, 0.4) is 0 Å². The average molecular weight is 588 g/mol. The fraction of sp³-hybridized carbons (Fsp3) is 0.258. The second-order valence-electron chi connectivity index (χ2n) is 10.2. The molecule has 0 atom stereocenters. The molecule has 4 amide bonds. The van der Waals surface area contributed by atoms with Crippen molar-refractivity contribution >= 4 is 52.5 Å². The number of carboxylic acid groups (broad SMARTS) is 2. The smallest absolute Gasteiger partial charge is 0.323 e. The summed E-state index contributed by atoms with van der Waals surface area (Å²) in [6, 6.07) is 19.1. The standard InChI is InChI=1S/C31H33N5O7/c1-20-4-2-3-5-25(20)34-31(43)33-23-8-6-21(7-9-23)16-27(37)32-24-10-11-26-22(17-24)18-36(15-13-30(41)42)28(38)19-35(26)14-12-29(39)40/h2-11,17H,12-16,18-19H2,1H3,(H,32,37)(H,39,40)(H,41,42)(H2,33,34,43). The lowest BCUT2D eigenvalue weighted by Gasteiger charge is -2.23. The third-order valence-electron chi connectivity index (χ3n) is 6.90. The zero-order chi connectivity index (χ0) is 30.9. The maximum absolute atomic E-state index is 12.9. The van der Waals surface area contributed by atoms with Crippen LogP contribution in [0.25, 0.3) is 0 Å². The number of urea groups is 1. The van der Waals surface area contributed by atoms with Crippen molar-refractivity contribution in [2.24, 2.45) is 0 Å². The number of aryl methyl sites for hydroxylation is 1. The van der Waals surface area contributed by atoms with E-state index in [-0.39, 0.29) is 63.3 Å². The van der Waals surface area contributed by atoms with Crippen molar-refractivity contribution in [3.8, 4) is 0 Å². The van der Waals surface area contributed by atoms with E-state index < -0.39 is 11.9 Å². The van der Waals surface area contributed by atoms with Crippen molar-refractivity contribution in [3.05, 3.63) is 83.4 Å². The van der Waals surface area contributed by atoms with Crippen LogP contribution >= 0.6 is 0 Å². The highest BCUT2D eigenvalue weighted by molar-refractivity contribution is 6.00. The summed E-state index contributed by atoms with van der Waals surface area (Å²) in [5.41, 5.74) is 4.74. The van der Waals surface area contributed by atoms with Crippen molar-refractivity contribution < 1.29 is 34.2 Å². The molecule has 3 aromatic rings. The van der Waals surface area contributed by atoms with Gasteiger partial charge in [0.15, 0.2) is 0 Å². The Morgan fingerprint density at radius 1 is 0.767 bits per heavy atom. The highest BCUT2D eigenvalue weighted by Crippen LogP contribution is 2.29. The van der Waals surface area contributed by atoms with Gasteiger partial charge in [-0.2, -0.15) is 0 Å². The number of fused-ring (bicyclic) bond motifs is 1. The van der Waals surface area contributed by atoms with Crippen LogP contribution in [0.4, 0.5) is 27.5 Å². The van der Waals surface area contributed by atoms with Gasteiger partial charge in [0, 0.05) is 42.4 Å². The Bertz CT molecular complexity index is 1520. The van der Waals surface area contributed by atoms with E-state index in [9.17, 15) is 24.0 Å². The summed E-state index contributed by atoms with van der Waals surface area (Å²) >= 11 is 0. The average Bonchev–Trinajstić information content (AvgIpc) is 3.08. The van der Waals surface area contributed by atoms with Gasteiger partial charge in [0.05, 0.1) is 25.8 Å². The molecule has 0 aliphatic carbocycles. The molecule has 0 bridgehead atoms. The normalized spacial score (nSPS) is 12.6. The van der Waals surface area contributed by atoms with Crippen LogP contribution in [0.2, 0.25) is 0 Å². The Kier molecular flexibility index (Phi) is 9.94. The van der Waals surface area contributed by atoms with Crippen LogP contribution in [0, 0.1) is 6.92 Å². The number of carboxylic acids is 2. The molecule has 0 radical (unpaired) electrons. The van der Waals surface area contributed by atoms with Gasteiger partial charge in [-0.3, -0.25) is 19.2 Å². The van der Waals surface area contributed by atoms with Crippen LogP contribution in [-0.2, 0) is 32.1 Å². The zero-order valence-electron chi connectivity index (χ0n) is 23.6. The number of carbonyl (C=O) groups excluding carboxylic acids is 3. The second-order valence-corrected chi connectivity index (χ2v) is 10.2. The first kappa shape index (κ1) is 30.6. The molecule has 0 aromatic heterocycles. The van der Waals surface area contributed by atoms with Crippen molar-refractivity contribution in [1.82, 2.24) is 4.90 Å². The first-order valence-corrected chi connectivity index (χ1v) is 13.7. The monoisotopic (exact) mass is 587 g/mol. The molecule has 0 saturated heterocycles. The lowest BCUT2D eigenvalue weighted by atomic mass is 10.1. The molecule has 12 heteroatoms. The highest BCUT2D eigenvalue weighted by atomic mass is 16.4. The van der Waals surface area contributed by atoms with E-state index in [4.69, 9.17) is 10.2 Å². The minimum Gasteiger partial charge on any atom is -0.481 e. The molecule has 0 fully saturated rings. The van der Waals surface area contributed by atoms with E-state index in [1.54, 1.807) is 47.4 Å². The Morgan fingerprint density at radius 3 is 2.09 bits per heavy atom. The summed E-state index contributed by atoms with van der Waals surface area (Å²) in [6.45, 7) is 2.06. The molecule has 3 aromatic carbocycles. The predicted octanol–water partition coefficient (Wildman–Crippen LogP) is 3.92. The lowest BCUT2D eigenvalue weighted by Crippen LogP contribution is -2.38. The SMILES string of the molecule is Cc1ccccc1NC(=O)Nc1ccc(CC(=O)Nc2ccc3c(c2)CN(CCC(=O)O)C(=O)CN3CCC(=O)O)cc1. The maximum Gasteiger partial charge on any atom is 0.323 e. The number of benzene rings is 3. The van der Waals surface area contributed by atoms with E-state index in [1.807, 2.05) is 31.2 Å². The predicted molar refractivity (Wildman–Crippen MR) is 161 cm³/mol. The molecule has 43 heavy (non-hydrogen) atoms. The van der Waals surface area contributed by atoms with Gasteiger partial charge in [0.1, 0.15) is 0 Å². The number of nitrogens with one attached hydrogen (secondary N) is 3. The molecule has 0 saturated carbocycles. The first-order valence-electron chi connectivity index (χ1n) is 13.7. The fourth-order valence-electron chi connectivity index (χ4n) is 4.70. The summed E-state index contributed by atoms with van der Waals surface area (Å²) in [4.78, 5) is 63.4. The third kappa shape index (κ3) is 8.80. The quantitative estimate of drug-likeness (QED) is 0.225.